The van der Waals surface area contributed by atoms with Gasteiger partial charge in [-0.15, -0.1) is 11.3 Å². The van der Waals surface area contributed by atoms with Gasteiger partial charge in [-0.25, -0.2) is 9.37 Å². The van der Waals surface area contributed by atoms with Crippen LogP contribution in [-0.2, 0) is 4.79 Å². The molecule has 1 atom stereocenters. The molecule has 0 saturated carbocycles. The zero-order valence-corrected chi connectivity index (χ0v) is 13.3. The number of halogens is 1. The molecule has 0 aliphatic carbocycles. The predicted molar refractivity (Wildman–Crippen MR) is 84.3 cm³/mol. The molecule has 2 N–H and O–H groups in total. The molecule has 0 aliphatic heterocycles. The largest absolute Gasteiger partial charge is 0.377 e. The lowest BCUT2D eigenvalue weighted by molar-refractivity contribution is -0.114. The number of thiazole rings is 1. The van der Waals surface area contributed by atoms with E-state index in [0.717, 1.165) is 21.3 Å². The fourth-order valence-corrected chi connectivity index (χ4v) is 3.08. The smallest absolute Gasteiger partial charge is 0.221 e. The minimum atomic E-state index is -0.455. The van der Waals surface area contributed by atoms with Crippen molar-refractivity contribution in [3.8, 4) is 0 Å². The van der Waals surface area contributed by atoms with Gasteiger partial charge in [0.15, 0.2) is 0 Å². The molecular formula is C15H18FN3OS. The van der Waals surface area contributed by atoms with E-state index < -0.39 is 5.82 Å². The van der Waals surface area contributed by atoms with Crippen molar-refractivity contribution in [2.24, 2.45) is 0 Å². The van der Waals surface area contributed by atoms with Crippen LogP contribution in [0.25, 0.3) is 0 Å². The van der Waals surface area contributed by atoms with Gasteiger partial charge in [-0.3, -0.25) is 4.79 Å². The number of benzene rings is 1. The Hall–Kier alpha value is -1.95. The number of amides is 1. The summed E-state index contributed by atoms with van der Waals surface area (Å²) in [5, 5.41) is 6.78. The van der Waals surface area contributed by atoms with E-state index in [0.29, 0.717) is 0 Å². The zero-order valence-electron chi connectivity index (χ0n) is 12.5. The van der Waals surface area contributed by atoms with Gasteiger partial charge in [0, 0.05) is 17.5 Å². The number of rotatable bonds is 4. The van der Waals surface area contributed by atoms with Crippen molar-refractivity contribution in [3.63, 3.8) is 0 Å². The number of anilines is 2. The first-order chi connectivity index (χ1) is 9.86. The molecule has 1 aromatic heterocycles. The van der Waals surface area contributed by atoms with Crippen LogP contribution in [-0.4, -0.2) is 10.9 Å². The van der Waals surface area contributed by atoms with E-state index in [4.69, 9.17) is 0 Å². The molecule has 6 heteroatoms. The normalized spacial score (nSPS) is 12.0. The molecular weight excluding hydrogens is 289 g/mol. The van der Waals surface area contributed by atoms with Crippen molar-refractivity contribution in [3.05, 3.63) is 39.6 Å². The Balaban J connectivity index is 2.19. The molecule has 0 radical (unpaired) electrons. The molecule has 2 aromatic rings. The summed E-state index contributed by atoms with van der Waals surface area (Å²) in [4.78, 5) is 16.7. The first-order valence-electron chi connectivity index (χ1n) is 6.64. The van der Waals surface area contributed by atoms with Crippen LogP contribution in [0.1, 0.15) is 35.5 Å². The lowest BCUT2D eigenvalue weighted by Crippen LogP contribution is -2.11. The van der Waals surface area contributed by atoms with Crippen molar-refractivity contribution in [1.29, 1.82) is 0 Å². The first kappa shape index (κ1) is 15.4. The fraction of sp³-hybridized carbons (Fsp3) is 0.333. The van der Waals surface area contributed by atoms with Crippen LogP contribution in [0.3, 0.4) is 0 Å². The summed E-state index contributed by atoms with van der Waals surface area (Å²) < 4.78 is 13.6. The number of carbonyl (C=O) groups excluding carboxylic acids is 1. The maximum absolute atomic E-state index is 13.6. The lowest BCUT2D eigenvalue weighted by atomic mass is 10.2. The van der Waals surface area contributed by atoms with E-state index in [-0.39, 0.29) is 17.6 Å². The molecule has 0 fully saturated rings. The van der Waals surface area contributed by atoms with E-state index in [1.54, 1.807) is 23.5 Å². The number of carbonyl (C=O) groups is 1. The Morgan fingerprint density at radius 3 is 2.67 bits per heavy atom. The molecule has 0 spiro atoms. The molecule has 112 valence electrons. The highest BCUT2D eigenvalue weighted by Gasteiger charge is 2.14. The maximum atomic E-state index is 13.6. The summed E-state index contributed by atoms with van der Waals surface area (Å²) in [6.45, 7) is 7.36. The van der Waals surface area contributed by atoms with Gasteiger partial charge < -0.3 is 10.6 Å². The maximum Gasteiger partial charge on any atom is 0.221 e. The lowest BCUT2D eigenvalue weighted by Gasteiger charge is -2.15. The summed E-state index contributed by atoms with van der Waals surface area (Å²) in [6.07, 6.45) is 0. The van der Waals surface area contributed by atoms with Gasteiger partial charge in [-0.1, -0.05) is 0 Å². The second-order valence-electron chi connectivity index (χ2n) is 4.92. The molecule has 1 amide bonds. The highest BCUT2D eigenvalue weighted by Crippen LogP contribution is 2.27. The predicted octanol–water partition coefficient (Wildman–Crippen LogP) is 4.03. The summed E-state index contributed by atoms with van der Waals surface area (Å²) in [7, 11) is 0. The van der Waals surface area contributed by atoms with E-state index >= 15 is 0 Å². The van der Waals surface area contributed by atoms with Gasteiger partial charge >= 0.3 is 0 Å². The number of aromatic nitrogens is 1. The van der Waals surface area contributed by atoms with Gasteiger partial charge in [-0.2, -0.15) is 0 Å². The average Bonchev–Trinajstić information content (AvgIpc) is 2.72. The van der Waals surface area contributed by atoms with Gasteiger partial charge in [0.1, 0.15) is 5.82 Å². The van der Waals surface area contributed by atoms with Gasteiger partial charge in [-0.05, 0) is 39.0 Å². The van der Waals surface area contributed by atoms with E-state index in [1.165, 1.54) is 13.0 Å². The summed E-state index contributed by atoms with van der Waals surface area (Å²) in [6, 6.07) is 4.57. The average molecular weight is 307 g/mol. The number of aryl methyl sites for hydroxylation is 2. The van der Waals surface area contributed by atoms with Crippen LogP contribution in [0.5, 0.6) is 0 Å². The molecule has 1 unspecified atom stereocenters. The number of nitrogens with one attached hydrogen (secondary N) is 2. The standard InChI is InChI=1S/C15H18FN3OS/c1-8(15-9(2)21-11(4)19-15)17-12-5-6-13(16)14(7-12)18-10(3)20/h5-8,17H,1-4H3,(H,18,20). The first-order valence-corrected chi connectivity index (χ1v) is 7.46. The van der Waals surface area contributed by atoms with Crippen LogP contribution in [0, 0.1) is 19.7 Å². The molecule has 2 rings (SSSR count). The molecule has 1 heterocycles. The molecule has 0 aliphatic rings. The third kappa shape index (κ3) is 3.78. The van der Waals surface area contributed by atoms with Crippen molar-refractivity contribution in [2.45, 2.75) is 33.7 Å². The number of hydrogen-bond acceptors (Lipinski definition) is 4. The Bertz CT molecular complexity index is 669. The van der Waals surface area contributed by atoms with Crippen LogP contribution < -0.4 is 10.6 Å². The van der Waals surface area contributed by atoms with Gasteiger partial charge in [0.25, 0.3) is 0 Å². The zero-order chi connectivity index (χ0) is 15.6. The molecule has 1 aromatic carbocycles. The van der Waals surface area contributed by atoms with Gasteiger partial charge in [0.2, 0.25) is 5.91 Å². The second kappa shape index (κ2) is 6.22. The van der Waals surface area contributed by atoms with Crippen LogP contribution in [0.15, 0.2) is 18.2 Å². The topological polar surface area (TPSA) is 54.0 Å². The molecule has 21 heavy (non-hydrogen) atoms. The summed E-state index contributed by atoms with van der Waals surface area (Å²) in [5.41, 5.74) is 1.89. The van der Waals surface area contributed by atoms with Crippen LogP contribution in [0.2, 0.25) is 0 Å². The molecule has 4 nitrogen and oxygen atoms in total. The SMILES string of the molecule is CC(=O)Nc1cc(NC(C)c2nc(C)sc2C)ccc1F. The van der Waals surface area contributed by atoms with E-state index in [9.17, 15) is 9.18 Å². The van der Waals surface area contributed by atoms with Crippen molar-refractivity contribution in [2.75, 3.05) is 10.6 Å². The second-order valence-corrected chi connectivity index (χ2v) is 6.32. The Labute approximate surface area is 127 Å². The van der Waals surface area contributed by atoms with Crippen molar-refractivity contribution >= 4 is 28.6 Å². The number of nitrogens with zero attached hydrogens (tertiary/aromatic N) is 1. The van der Waals surface area contributed by atoms with Gasteiger partial charge in [0.05, 0.1) is 22.4 Å². The highest BCUT2D eigenvalue weighted by atomic mass is 32.1. The van der Waals surface area contributed by atoms with E-state index in [1.807, 2.05) is 20.8 Å². The number of hydrogen-bond donors (Lipinski definition) is 2. The quantitative estimate of drug-likeness (QED) is 0.896. The fourth-order valence-electron chi connectivity index (χ4n) is 2.17. The highest BCUT2D eigenvalue weighted by molar-refractivity contribution is 7.11. The minimum absolute atomic E-state index is 0.00518. The van der Waals surface area contributed by atoms with Crippen LogP contribution in [0.4, 0.5) is 15.8 Å². The Morgan fingerprint density at radius 1 is 1.38 bits per heavy atom. The summed E-state index contributed by atoms with van der Waals surface area (Å²) >= 11 is 1.65. The van der Waals surface area contributed by atoms with Crippen LogP contribution >= 0.6 is 11.3 Å². The van der Waals surface area contributed by atoms with E-state index in [2.05, 4.69) is 15.6 Å². The monoisotopic (exact) mass is 307 g/mol. The third-order valence-corrected chi connectivity index (χ3v) is 3.91. The van der Waals surface area contributed by atoms with Crippen molar-refractivity contribution in [1.82, 2.24) is 4.98 Å². The Morgan fingerprint density at radius 2 is 2.10 bits per heavy atom. The minimum Gasteiger partial charge on any atom is -0.377 e. The Kier molecular flexibility index (Phi) is 4.57. The molecule has 0 bridgehead atoms. The third-order valence-electron chi connectivity index (χ3n) is 3.01. The molecule has 0 saturated heterocycles. The van der Waals surface area contributed by atoms with Crippen molar-refractivity contribution < 1.29 is 9.18 Å². The summed E-state index contributed by atoms with van der Waals surface area (Å²) in [5.74, 6) is -0.755.